The molecule has 2 nitrogen and oxygen atoms in total. The zero-order valence-electron chi connectivity index (χ0n) is 10.1. The van der Waals surface area contributed by atoms with Gasteiger partial charge in [-0.2, -0.15) is 13.2 Å². The Bertz CT molecular complexity index is 365. The third kappa shape index (κ3) is 4.26. The van der Waals surface area contributed by atoms with Crippen LogP contribution in [0.15, 0.2) is 12.1 Å². The van der Waals surface area contributed by atoms with Crippen LogP contribution in [0, 0.1) is 13.8 Å². The van der Waals surface area contributed by atoms with Gasteiger partial charge in [-0.15, -0.1) is 0 Å². The molecule has 1 N–H and O–H groups in total. The lowest BCUT2D eigenvalue weighted by atomic mass is 10.1. The molecule has 0 aliphatic carbocycles. The smallest absolute Gasteiger partial charge is 0.401 e. The Morgan fingerprint density at radius 3 is 2.12 bits per heavy atom. The second-order valence-corrected chi connectivity index (χ2v) is 3.98. The standard InChI is InChI=1S/C12H16F3NO/c1-8-4-10(5-9(2)11(8)17-3)6-16-7-12(13,14)15/h4-5,16H,6-7H2,1-3H3. The zero-order valence-corrected chi connectivity index (χ0v) is 10.1. The third-order valence-corrected chi connectivity index (χ3v) is 2.38. The number of hydrogen-bond acceptors (Lipinski definition) is 2. The molecule has 0 aliphatic rings. The minimum absolute atomic E-state index is 0.200. The first-order chi connectivity index (χ1) is 7.83. The summed E-state index contributed by atoms with van der Waals surface area (Å²) in [5.74, 6) is 0.782. The molecule has 5 heteroatoms. The first kappa shape index (κ1) is 13.8. The van der Waals surface area contributed by atoms with Crippen LogP contribution in [-0.2, 0) is 6.54 Å². The van der Waals surface area contributed by atoms with Crippen molar-refractivity contribution in [2.45, 2.75) is 26.6 Å². The van der Waals surface area contributed by atoms with Gasteiger partial charge in [0.25, 0.3) is 0 Å². The van der Waals surface area contributed by atoms with Crippen molar-refractivity contribution < 1.29 is 17.9 Å². The molecule has 1 rings (SSSR count). The molecule has 1 aromatic rings. The number of methoxy groups -OCH3 is 1. The van der Waals surface area contributed by atoms with E-state index >= 15 is 0 Å². The van der Waals surface area contributed by atoms with Gasteiger partial charge in [0.05, 0.1) is 13.7 Å². The average Bonchev–Trinajstić information content (AvgIpc) is 2.15. The molecule has 0 amide bonds. The molecule has 0 radical (unpaired) electrons. The number of alkyl halides is 3. The maximum atomic E-state index is 12.0. The molecular weight excluding hydrogens is 231 g/mol. The van der Waals surface area contributed by atoms with E-state index in [4.69, 9.17) is 4.74 Å². The van der Waals surface area contributed by atoms with Crippen LogP contribution in [-0.4, -0.2) is 19.8 Å². The maximum Gasteiger partial charge on any atom is 0.401 e. The highest BCUT2D eigenvalue weighted by atomic mass is 19.4. The van der Waals surface area contributed by atoms with E-state index in [0.717, 1.165) is 22.4 Å². The van der Waals surface area contributed by atoms with Gasteiger partial charge in [-0.25, -0.2) is 0 Å². The summed E-state index contributed by atoms with van der Waals surface area (Å²) in [6.07, 6.45) is -4.17. The van der Waals surface area contributed by atoms with Crippen molar-refractivity contribution in [1.29, 1.82) is 0 Å². The van der Waals surface area contributed by atoms with Crippen molar-refractivity contribution in [3.63, 3.8) is 0 Å². The molecule has 0 aliphatic heterocycles. The predicted octanol–water partition coefficient (Wildman–Crippen LogP) is 2.96. The van der Waals surface area contributed by atoms with E-state index < -0.39 is 12.7 Å². The number of hydrogen-bond donors (Lipinski definition) is 1. The van der Waals surface area contributed by atoms with Gasteiger partial charge >= 0.3 is 6.18 Å². The van der Waals surface area contributed by atoms with Crippen LogP contribution in [0.2, 0.25) is 0 Å². The van der Waals surface area contributed by atoms with Crippen LogP contribution in [0.25, 0.3) is 0 Å². The fraction of sp³-hybridized carbons (Fsp3) is 0.500. The van der Waals surface area contributed by atoms with E-state index in [-0.39, 0.29) is 6.54 Å². The second-order valence-electron chi connectivity index (χ2n) is 3.98. The Balaban J connectivity index is 2.67. The van der Waals surface area contributed by atoms with Gasteiger partial charge in [0.15, 0.2) is 0 Å². The van der Waals surface area contributed by atoms with Gasteiger partial charge in [-0.3, -0.25) is 0 Å². The zero-order chi connectivity index (χ0) is 13.1. The van der Waals surface area contributed by atoms with E-state index in [1.54, 1.807) is 7.11 Å². The number of benzene rings is 1. The Hall–Kier alpha value is -1.23. The maximum absolute atomic E-state index is 12.0. The molecule has 1 aromatic carbocycles. The molecule has 0 atom stereocenters. The lowest BCUT2D eigenvalue weighted by Crippen LogP contribution is -2.28. The van der Waals surface area contributed by atoms with Crippen LogP contribution in [0.1, 0.15) is 16.7 Å². The molecule has 0 heterocycles. The van der Waals surface area contributed by atoms with Crippen LogP contribution in [0.4, 0.5) is 13.2 Å². The van der Waals surface area contributed by atoms with Crippen LogP contribution >= 0.6 is 0 Å². The van der Waals surface area contributed by atoms with Crippen molar-refractivity contribution in [2.75, 3.05) is 13.7 Å². The van der Waals surface area contributed by atoms with Gasteiger partial charge in [0, 0.05) is 6.54 Å². The molecule has 96 valence electrons. The van der Waals surface area contributed by atoms with Crippen molar-refractivity contribution in [3.8, 4) is 5.75 Å². The minimum Gasteiger partial charge on any atom is -0.496 e. The number of halogens is 3. The molecule has 0 spiro atoms. The summed E-state index contributed by atoms with van der Waals surface area (Å²) < 4.78 is 41.0. The summed E-state index contributed by atoms with van der Waals surface area (Å²) in [7, 11) is 1.58. The van der Waals surface area contributed by atoms with Gasteiger partial charge in [0.1, 0.15) is 5.75 Å². The monoisotopic (exact) mass is 247 g/mol. The van der Waals surface area contributed by atoms with Gasteiger partial charge in [-0.05, 0) is 30.5 Å². The average molecular weight is 247 g/mol. The fourth-order valence-electron chi connectivity index (χ4n) is 1.81. The van der Waals surface area contributed by atoms with Crippen molar-refractivity contribution >= 4 is 0 Å². The molecule has 0 saturated carbocycles. The highest BCUT2D eigenvalue weighted by Gasteiger charge is 2.26. The molecule has 0 bridgehead atoms. The summed E-state index contributed by atoms with van der Waals surface area (Å²) in [5.41, 5.74) is 2.68. The predicted molar refractivity (Wildman–Crippen MR) is 60.2 cm³/mol. The molecule has 17 heavy (non-hydrogen) atoms. The first-order valence-electron chi connectivity index (χ1n) is 5.25. The summed E-state index contributed by atoms with van der Waals surface area (Å²) in [5, 5.41) is 2.37. The summed E-state index contributed by atoms with van der Waals surface area (Å²) in [4.78, 5) is 0. The summed E-state index contributed by atoms with van der Waals surface area (Å²) in [6.45, 7) is 2.97. The van der Waals surface area contributed by atoms with Crippen molar-refractivity contribution in [1.82, 2.24) is 5.32 Å². The van der Waals surface area contributed by atoms with E-state index in [1.165, 1.54) is 0 Å². The highest BCUT2D eigenvalue weighted by Crippen LogP contribution is 2.24. The van der Waals surface area contributed by atoms with Gasteiger partial charge < -0.3 is 10.1 Å². The van der Waals surface area contributed by atoms with E-state index in [1.807, 2.05) is 26.0 Å². The largest absolute Gasteiger partial charge is 0.496 e. The number of aryl methyl sites for hydroxylation is 2. The Labute approximate surface area is 98.8 Å². The first-order valence-corrected chi connectivity index (χ1v) is 5.25. The summed E-state index contributed by atoms with van der Waals surface area (Å²) in [6, 6.07) is 3.66. The van der Waals surface area contributed by atoms with E-state index in [9.17, 15) is 13.2 Å². The summed E-state index contributed by atoms with van der Waals surface area (Å²) >= 11 is 0. The molecule has 0 fully saturated rings. The lowest BCUT2D eigenvalue weighted by Gasteiger charge is -2.12. The third-order valence-electron chi connectivity index (χ3n) is 2.38. The van der Waals surface area contributed by atoms with Crippen LogP contribution in [0.5, 0.6) is 5.75 Å². The van der Waals surface area contributed by atoms with E-state index in [2.05, 4.69) is 5.32 Å². The molecule has 0 saturated heterocycles. The van der Waals surface area contributed by atoms with Gasteiger partial charge in [0.2, 0.25) is 0 Å². The second kappa shape index (κ2) is 5.40. The molecule has 0 aromatic heterocycles. The van der Waals surface area contributed by atoms with Crippen LogP contribution < -0.4 is 10.1 Å². The Morgan fingerprint density at radius 1 is 1.18 bits per heavy atom. The highest BCUT2D eigenvalue weighted by molar-refractivity contribution is 5.43. The minimum atomic E-state index is -4.17. The topological polar surface area (TPSA) is 21.3 Å². The Kier molecular flexibility index (Phi) is 4.40. The fourth-order valence-corrected chi connectivity index (χ4v) is 1.81. The molecular formula is C12H16F3NO. The Morgan fingerprint density at radius 2 is 1.71 bits per heavy atom. The molecule has 0 unspecified atom stereocenters. The van der Waals surface area contributed by atoms with Crippen LogP contribution in [0.3, 0.4) is 0 Å². The number of ether oxygens (including phenoxy) is 1. The number of nitrogens with one attached hydrogen (secondary N) is 1. The van der Waals surface area contributed by atoms with E-state index in [0.29, 0.717) is 0 Å². The quantitative estimate of drug-likeness (QED) is 0.883. The SMILES string of the molecule is COc1c(C)cc(CNCC(F)(F)F)cc1C. The van der Waals surface area contributed by atoms with Crippen molar-refractivity contribution in [3.05, 3.63) is 28.8 Å². The normalized spacial score (nSPS) is 11.6. The number of rotatable bonds is 4. The van der Waals surface area contributed by atoms with Gasteiger partial charge in [-0.1, -0.05) is 12.1 Å². The lowest BCUT2D eigenvalue weighted by molar-refractivity contribution is -0.125. The van der Waals surface area contributed by atoms with Crippen molar-refractivity contribution in [2.24, 2.45) is 0 Å².